The van der Waals surface area contributed by atoms with E-state index >= 15 is 0 Å². The van der Waals surface area contributed by atoms with Gasteiger partial charge in [0.1, 0.15) is 6.29 Å². The summed E-state index contributed by atoms with van der Waals surface area (Å²) in [6.07, 6.45) is 7.06. The second kappa shape index (κ2) is 23.0. The lowest BCUT2D eigenvalue weighted by atomic mass is 10.1. The maximum absolute atomic E-state index is 10.1. The highest BCUT2D eigenvalue weighted by Gasteiger charge is 1.96. The van der Waals surface area contributed by atoms with Crippen LogP contribution in [0.1, 0.15) is 73.6 Å². The third-order valence-corrected chi connectivity index (χ3v) is 1.50. The quantitative estimate of drug-likeness (QED) is 0.460. The Kier molecular flexibility index (Phi) is 31.6. The zero-order valence-corrected chi connectivity index (χ0v) is 11.1. The lowest BCUT2D eigenvalue weighted by molar-refractivity contribution is -0.110. The van der Waals surface area contributed by atoms with Gasteiger partial charge in [-0.15, -0.1) is 0 Å². The fourth-order valence-electron chi connectivity index (χ4n) is 0.784. The van der Waals surface area contributed by atoms with E-state index in [-0.39, 0.29) is 5.92 Å². The van der Waals surface area contributed by atoms with Crippen molar-refractivity contribution < 1.29 is 4.79 Å². The van der Waals surface area contributed by atoms with E-state index in [4.69, 9.17) is 0 Å². The maximum atomic E-state index is 10.1. The van der Waals surface area contributed by atoms with Gasteiger partial charge in [-0.05, 0) is 6.42 Å². The van der Waals surface area contributed by atoms with Gasteiger partial charge in [0.2, 0.25) is 0 Å². The molecule has 0 aromatic carbocycles. The van der Waals surface area contributed by atoms with Crippen molar-refractivity contribution in [2.45, 2.75) is 73.6 Å². The van der Waals surface area contributed by atoms with Gasteiger partial charge in [0, 0.05) is 5.92 Å². The lowest BCUT2D eigenvalue weighted by Crippen LogP contribution is -1.94. The van der Waals surface area contributed by atoms with Crippen LogP contribution < -0.4 is 0 Å². The van der Waals surface area contributed by atoms with Gasteiger partial charge in [-0.1, -0.05) is 67.2 Å². The fourth-order valence-corrected chi connectivity index (χ4v) is 0.784. The van der Waals surface area contributed by atoms with Crippen molar-refractivity contribution in [1.82, 2.24) is 0 Å². The zero-order valence-electron chi connectivity index (χ0n) is 11.1. The van der Waals surface area contributed by atoms with Gasteiger partial charge in [-0.3, -0.25) is 0 Å². The molecule has 0 spiro atoms. The minimum absolute atomic E-state index is 0.275. The van der Waals surface area contributed by atoms with Crippen LogP contribution in [0.3, 0.4) is 0 Å². The smallest absolute Gasteiger partial charge is 0.122 e. The number of carbonyl (C=O) groups excluding carboxylic acids is 1. The highest BCUT2D eigenvalue weighted by atomic mass is 16.1. The largest absolute Gasteiger partial charge is 0.303 e. The Balaban J connectivity index is -0.000000205. The first-order valence-corrected chi connectivity index (χ1v) is 6.18. The standard InChI is InChI=1S/C8H16O.C3H8.C2H6/c1-3-4-5-6-8(2)7-9;1-3-2;1-2/h7-8H,3-6H2,1-2H3;3H2,1-2H3;1-2H3/t8-;;/m1../s1. The van der Waals surface area contributed by atoms with Crippen LogP contribution in [0.15, 0.2) is 0 Å². The molecular formula is C13H30O. The molecule has 0 heterocycles. The molecule has 0 aliphatic carbocycles. The molecule has 0 aliphatic rings. The Hall–Kier alpha value is -0.330. The molecular weight excluding hydrogens is 172 g/mol. The van der Waals surface area contributed by atoms with Gasteiger partial charge in [-0.25, -0.2) is 0 Å². The summed E-state index contributed by atoms with van der Waals surface area (Å²) in [5.74, 6) is 0.275. The predicted octanol–water partition coefficient (Wildman–Crippen LogP) is 4.84. The summed E-state index contributed by atoms with van der Waals surface area (Å²) in [6.45, 7) is 12.4. The van der Waals surface area contributed by atoms with E-state index in [1.165, 1.54) is 25.7 Å². The number of aldehydes is 1. The maximum Gasteiger partial charge on any atom is 0.122 e. The van der Waals surface area contributed by atoms with Gasteiger partial charge in [-0.2, -0.15) is 0 Å². The monoisotopic (exact) mass is 202 g/mol. The van der Waals surface area contributed by atoms with Gasteiger partial charge in [0.15, 0.2) is 0 Å². The normalized spacial score (nSPS) is 10.1. The number of rotatable bonds is 5. The SMILES string of the molecule is CC.CCC.CCCCC[C@@H](C)C=O. The van der Waals surface area contributed by atoms with Crippen LogP contribution in [0.25, 0.3) is 0 Å². The summed E-state index contributed by atoms with van der Waals surface area (Å²) in [4.78, 5) is 10.1. The third-order valence-electron chi connectivity index (χ3n) is 1.50. The average molecular weight is 202 g/mol. The van der Waals surface area contributed by atoms with Crippen molar-refractivity contribution in [3.63, 3.8) is 0 Å². The molecule has 0 radical (unpaired) electrons. The first-order valence-electron chi connectivity index (χ1n) is 6.18. The fraction of sp³-hybridized carbons (Fsp3) is 0.923. The molecule has 0 bridgehead atoms. The zero-order chi connectivity index (χ0) is 11.8. The number of hydrogen-bond acceptors (Lipinski definition) is 1. The van der Waals surface area contributed by atoms with Crippen LogP contribution in [0, 0.1) is 5.92 Å². The van der Waals surface area contributed by atoms with E-state index in [9.17, 15) is 4.79 Å². The van der Waals surface area contributed by atoms with Gasteiger partial charge in [0.25, 0.3) is 0 Å². The first kappa shape index (κ1) is 19.3. The Bertz CT molecular complexity index is 79.3. The molecule has 1 nitrogen and oxygen atoms in total. The molecule has 0 aromatic rings. The van der Waals surface area contributed by atoms with Gasteiger partial charge in [0.05, 0.1) is 0 Å². The van der Waals surface area contributed by atoms with Crippen molar-refractivity contribution in [2.24, 2.45) is 5.92 Å². The molecule has 0 saturated heterocycles. The molecule has 14 heavy (non-hydrogen) atoms. The van der Waals surface area contributed by atoms with E-state index in [1.54, 1.807) is 0 Å². The number of carbonyl (C=O) groups is 1. The summed E-state index contributed by atoms with van der Waals surface area (Å²) in [7, 11) is 0. The molecule has 0 unspecified atom stereocenters. The minimum Gasteiger partial charge on any atom is -0.303 e. The Morgan fingerprint density at radius 2 is 1.50 bits per heavy atom. The second-order valence-electron chi connectivity index (χ2n) is 3.32. The first-order chi connectivity index (χ1) is 6.72. The second-order valence-corrected chi connectivity index (χ2v) is 3.32. The summed E-state index contributed by atoms with van der Waals surface area (Å²) >= 11 is 0. The summed E-state index contributed by atoms with van der Waals surface area (Å²) < 4.78 is 0. The summed E-state index contributed by atoms with van der Waals surface area (Å²) in [5, 5.41) is 0. The van der Waals surface area contributed by atoms with Crippen LogP contribution in [0.4, 0.5) is 0 Å². The topological polar surface area (TPSA) is 17.1 Å². The van der Waals surface area contributed by atoms with Gasteiger partial charge < -0.3 is 4.79 Å². The van der Waals surface area contributed by atoms with E-state index in [2.05, 4.69) is 20.8 Å². The molecule has 0 amide bonds. The van der Waals surface area contributed by atoms with E-state index in [0.29, 0.717) is 0 Å². The average Bonchev–Trinajstić information content (AvgIpc) is 2.22. The van der Waals surface area contributed by atoms with Crippen molar-refractivity contribution in [3.8, 4) is 0 Å². The molecule has 0 fully saturated rings. The molecule has 0 saturated carbocycles. The van der Waals surface area contributed by atoms with Crippen molar-refractivity contribution in [3.05, 3.63) is 0 Å². The van der Waals surface area contributed by atoms with Crippen LogP contribution in [-0.4, -0.2) is 6.29 Å². The van der Waals surface area contributed by atoms with Crippen molar-refractivity contribution in [1.29, 1.82) is 0 Å². The van der Waals surface area contributed by atoms with E-state index in [0.717, 1.165) is 12.7 Å². The van der Waals surface area contributed by atoms with Crippen LogP contribution in [-0.2, 0) is 4.79 Å². The highest BCUT2D eigenvalue weighted by Crippen LogP contribution is 2.05. The highest BCUT2D eigenvalue weighted by molar-refractivity contribution is 5.52. The van der Waals surface area contributed by atoms with E-state index < -0.39 is 0 Å². The molecule has 0 rings (SSSR count). The van der Waals surface area contributed by atoms with Crippen LogP contribution >= 0.6 is 0 Å². The molecule has 1 heteroatoms. The molecule has 0 aromatic heterocycles. The minimum atomic E-state index is 0.275. The number of unbranched alkanes of at least 4 members (excludes halogenated alkanes) is 2. The van der Waals surface area contributed by atoms with Crippen LogP contribution in [0.2, 0.25) is 0 Å². The lowest BCUT2D eigenvalue weighted by Gasteiger charge is -1.99. The Morgan fingerprint density at radius 3 is 1.79 bits per heavy atom. The molecule has 0 aliphatic heterocycles. The van der Waals surface area contributed by atoms with Crippen molar-refractivity contribution >= 4 is 6.29 Å². The summed E-state index contributed by atoms with van der Waals surface area (Å²) in [5.41, 5.74) is 0. The Morgan fingerprint density at radius 1 is 1.07 bits per heavy atom. The molecule has 88 valence electrons. The predicted molar refractivity (Wildman–Crippen MR) is 66.7 cm³/mol. The number of hydrogen-bond donors (Lipinski definition) is 0. The Labute approximate surface area is 91.3 Å². The van der Waals surface area contributed by atoms with Crippen molar-refractivity contribution in [2.75, 3.05) is 0 Å². The summed E-state index contributed by atoms with van der Waals surface area (Å²) in [6, 6.07) is 0. The van der Waals surface area contributed by atoms with Crippen LogP contribution in [0.5, 0.6) is 0 Å². The molecule has 1 atom stereocenters. The molecule has 0 N–H and O–H groups in total. The van der Waals surface area contributed by atoms with E-state index in [1.807, 2.05) is 20.8 Å². The third kappa shape index (κ3) is 29.9. The van der Waals surface area contributed by atoms with Gasteiger partial charge >= 0.3 is 0 Å².